The number of carbonyl (C=O) groups excluding carboxylic acids is 2. The van der Waals surface area contributed by atoms with Gasteiger partial charge in [-0.05, 0) is 55.5 Å². The van der Waals surface area contributed by atoms with Crippen LogP contribution in [-0.2, 0) is 50.1 Å². The van der Waals surface area contributed by atoms with Crippen LogP contribution in [-0.4, -0.2) is 79.3 Å². The summed E-state index contributed by atoms with van der Waals surface area (Å²) in [4.78, 5) is 35.1. The highest BCUT2D eigenvalue weighted by molar-refractivity contribution is 7.87. The fourth-order valence-electron chi connectivity index (χ4n) is 4.34. The van der Waals surface area contributed by atoms with Gasteiger partial charge in [0.15, 0.2) is 0 Å². The Labute approximate surface area is 288 Å². The van der Waals surface area contributed by atoms with Crippen molar-refractivity contribution in [1.29, 1.82) is 0 Å². The molecule has 0 radical (unpaired) electrons. The smallest absolute Gasteiger partial charge is 0.312 e. The zero-order valence-electron chi connectivity index (χ0n) is 25.7. The standard InChI is InChI=1S/C27H24N4O16S4/c1-3-24(32)47-25-19(27(34)31(29-25)21-14-17(49(38,39)40)10-12-23(21)51(44,45)46)8-6-4-5-7-18-15(2)28-30(26(18)33)20-13-16(48(35,36)37)9-11-22(20)50(41,42)43/h4-14,29H,3H2,1-2H3,(H,35,36,37)(H,38,39,40)(H,41,42,43)(H,44,45,46)/b5-4+,8-6+,18-7+. The van der Waals surface area contributed by atoms with Crippen LogP contribution in [0.1, 0.15) is 25.8 Å². The zero-order chi connectivity index (χ0) is 38.3. The van der Waals surface area contributed by atoms with Gasteiger partial charge in [0.1, 0.15) is 15.4 Å². The Kier molecular flexibility index (Phi) is 10.6. The molecule has 20 nitrogen and oxygen atoms in total. The highest BCUT2D eigenvalue weighted by Crippen LogP contribution is 2.32. The van der Waals surface area contributed by atoms with Gasteiger partial charge in [-0.1, -0.05) is 25.2 Å². The maximum absolute atomic E-state index is 13.4. The van der Waals surface area contributed by atoms with Gasteiger partial charge >= 0.3 is 5.97 Å². The molecule has 0 unspecified atom stereocenters. The minimum atomic E-state index is -5.09. The summed E-state index contributed by atoms with van der Waals surface area (Å²) >= 11 is 0. The number of aromatic amines is 1. The first kappa shape index (κ1) is 38.7. The van der Waals surface area contributed by atoms with Crippen molar-refractivity contribution in [3.8, 4) is 11.6 Å². The van der Waals surface area contributed by atoms with E-state index in [4.69, 9.17) is 4.74 Å². The van der Waals surface area contributed by atoms with Crippen LogP contribution in [0.15, 0.2) is 95.8 Å². The van der Waals surface area contributed by atoms with Crippen molar-refractivity contribution in [2.75, 3.05) is 5.01 Å². The summed E-state index contributed by atoms with van der Waals surface area (Å²) in [5.74, 6) is -2.39. The molecule has 272 valence electrons. The number of rotatable bonds is 11. The molecule has 51 heavy (non-hydrogen) atoms. The number of amides is 1. The summed E-state index contributed by atoms with van der Waals surface area (Å²) in [5.41, 5.74) is -3.18. The number of aromatic nitrogens is 2. The lowest BCUT2D eigenvalue weighted by atomic mass is 10.1. The van der Waals surface area contributed by atoms with Crippen LogP contribution in [0.5, 0.6) is 5.88 Å². The van der Waals surface area contributed by atoms with E-state index in [0.717, 1.165) is 6.08 Å². The number of allylic oxidation sites excluding steroid dienone is 4. The van der Waals surface area contributed by atoms with Crippen LogP contribution in [0, 0.1) is 0 Å². The number of ether oxygens (including phenoxy) is 1. The molecule has 1 aliphatic rings. The monoisotopic (exact) mass is 788 g/mol. The fourth-order valence-corrected chi connectivity index (χ4v) is 6.65. The topological polar surface area (TPSA) is 314 Å². The summed E-state index contributed by atoms with van der Waals surface area (Å²) < 4.78 is 138. The second kappa shape index (κ2) is 13.9. The second-order valence-electron chi connectivity index (χ2n) is 10.1. The van der Waals surface area contributed by atoms with Crippen LogP contribution in [0.3, 0.4) is 0 Å². The Morgan fingerprint density at radius 3 is 1.84 bits per heavy atom. The Balaban J connectivity index is 1.73. The molecule has 3 aromatic rings. The summed E-state index contributed by atoms with van der Waals surface area (Å²) in [6.45, 7) is 2.75. The third-order valence-electron chi connectivity index (χ3n) is 6.69. The molecular formula is C27H24N4O16S4. The summed E-state index contributed by atoms with van der Waals surface area (Å²) in [5, 5.41) is 6.71. The predicted molar refractivity (Wildman–Crippen MR) is 175 cm³/mol. The number of hydrazone groups is 1. The molecule has 1 amide bonds. The molecule has 5 N–H and O–H groups in total. The van der Waals surface area contributed by atoms with Crippen molar-refractivity contribution >= 4 is 69.8 Å². The molecule has 0 atom stereocenters. The molecule has 24 heteroatoms. The minimum Gasteiger partial charge on any atom is -0.407 e. The van der Waals surface area contributed by atoms with Crippen molar-refractivity contribution in [2.45, 2.75) is 39.9 Å². The van der Waals surface area contributed by atoms with Crippen LogP contribution in [0.25, 0.3) is 11.8 Å². The van der Waals surface area contributed by atoms with Crippen molar-refractivity contribution in [2.24, 2.45) is 5.10 Å². The molecule has 2 aromatic carbocycles. The number of nitrogens with zero attached hydrogens (tertiary/aromatic N) is 3. The second-order valence-corrected chi connectivity index (χ2v) is 15.7. The molecule has 4 rings (SSSR count). The highest BCUT2D eigenvalue weighted by atomic mass is 32.2. The largest absolute Gasteiger partial charge is 0.407 e. The van der Waals surface area contributed by atoms with Crippen LogP contribution in [0.2, 0.25) is 0 Å². The molecule has 2 heterocycles. The van der Waals surface area contributed by atoms with Gasteiger partial charge in [-0.2, -0.15) is 43.8 Å². The molecular weight excluding hydrogens is 765 g/mol. The Morgan fingerprint density at radius 2 is 1.33 bits per heavy atom. The van der Waals surface area contributed by atoms with Gasteiger partial charge in [0.2, 0.25) is 5.88 Å². The van der Waals surface area contributed by atoms with Gasteiger partial charge in [0, 0.05) is 6.42 Å². The normalized spacial score (nSPS) is 15.3. The zero-order valence-corrected chi connectivity index (χ0v) is 29.0. The number of carbonyl (C=O) groups is 2. The third-order valence-corrected chi connectivity index (χ3v) is 10.2. The Morgan fingerprint density at radius 1 is 0.804 bits per heavy atom. The SMILES string of the molecule is CCC(=O)Oc1[nH]n(-c2cc(S(=O)(=O)O)ccc2S(=O)(=O)O)c(=O)c1/C=C/C=C/C=C1/C(=O)N(c2cc(S(=O)(=O)O)ccc2S(=O)(=O)O)N=C1C. The van der Waals surface area contributed by atoms with E-state index in [1.165, 1.54) is 38.2 Å². The van der Waals surface area contributed by atoms with E-state index in [1.54, 1.807) is 0 Å². The van der Waals surface area contributed by atoms with Crippen molar-refractivity contribution in [3.63, 3.8) is 0 Å². The Hall–Kier alpha value is -5.08. The molecule has 0 bridgehead atoms. The van der Waals surface area contributed by atoms with E-state index >= 15 is 0 Å². The van der Waals surface area contributed by atoms with Crippen molar-refractivity contribution in [1.82, 2.24) is 9.78 Å². The van der Waals surface area contributed by atoms with Gasteiger partial charge in [-0.15, -0.1) is 0 Å². The summed E-state index contributed by atoms with van der Waals surface area (Å²) in [6, 6.07) is 3.76. The van der Waals surface area contributed by atoms with E-state index in [2.05, 4.69) is 10.2 Å². The van der Waals surface area contributed by atoms with Crippen LogP contribution in [0.4, 0.5) is 5.69 Å². The summed E-state index contributed by atoms with van der Waals surface area (Å²) in [6.07, 6.45) is 5.71. The Bertz CT molecular complexity index is 2610. The van der Waals surface area contributed by atoms with E-state index in [1.807, 2.05) is 0 Å². The number of hydrogen-bond acceptors (Lipinski definition) is 13. The van der Waals surface area contributed by atoms with E-state index in [9.17, 15) is 66.3 Å². The average molecular weight is 789 g/mol. The molecule has 0 saturated heterocycles. The third kappa shape index (κ3) is 8.46. The van der Waals surface area contributed by atoms with E-state index < -0.39 is 100 Å². The molecule has 1 aliphatic heterocycles. The van der Waals surface area contributed by atoms with Gasteiger partial charge in [0.25, 0.3) is 51.9 Å². The number of H-pyrrole nitrogens is 1. The average Bonchev–Trinajstić information content (AvgIpc) is 3.48. The van der Waals surface area contributed by atoms with Gasteiger partial charge in [0.05, 0.1) is 32.5 Å². The van der Waals surface area contributed by atoms with Gasteiger partial charge in [-0.3, -0.25) is 37.7 Å². The lowest BCUT2D eigenvalue weighted by Gasteiger charge is -2.15. The maximum Gasteiger partial charge on any atom is 0.312 e. The van der Waals surface area contributed by atoms with Gasteiger partial charge < -0.3 is 4.74 Å². The first-order chi connectivity index (χ1) is 23.4. The summed E-state index contributed by atoms with van der Waals surface area (Å²) in [7, 11) is -19.9. The minimum absolute atomic E-state index is 0.00350. The lowest BCUT2D eigenvalue weighted by molar-refractivity contribution is -0.134. The number of anilines is 1. The fraction of sp³-hybridized carbons (Fsp3) is 0.111. The first-order valence-corrected chi connectivity index (χ1v) is 19.4. The number of nitrogens with one attached hydrogen (secondary N) is 1. The number of benzene rings is 2. The molecule has 0 fully saturated rings. The quantitative estimate of drug-likeness (QED) is 0.0793. The van der Waals surface area contributed by atoms with Crippen LogP contribution >= 0.6 is 0 Å². The molecule has 0 aliphatic carbocycles. The first-order valence-electron chi connectivity index (χ1n) is 13.6. The molecule has 0 saturated carbocycles. The lowest BCUT2D eigenvalue weighted by Crippen LogP contribution is -2.23. The van der Waals surface area contributed by atoms with Crippen molar-refractivity contribution < 1.29 is 66.2 Å². The van der Waals surface area contributed by atoms with Crippen LogP contribution < -0.4 is 15.3 Å². The number of esters is 1. The predicted octanol–water partition coefficient (Wildman–Crippen LogP) is 1.39. The van der Waals surface area contributed by atoms with E-state index in [-0.39, 0.29) is 17.7 Å². The van der Waals surface area contributed by atoms with Gasteiger partial charge in [-0.25, -0.2) is 4.68 Å². The molecule has 0 spiro atoms. The maximum atomic E-state index is 13.4. The molecule has 1 aromatic heterocycles. The highest BCUT2D eigenvalue weighted by Gasteiger charge is 2.33. The number of hydrogen-bond donors (Lipinski definition) is 5. The van der Waals surface area contributed by atoms with Crippen molar-refractivity contribution in [3.05, 3.63) is 82.2 Å². The van der Waals surface area contributed by atoms with E-state index in [0.29, 0.717) is 46.1 Å².